The highest BCUT2D eigenvalue weighted by molar-refractivity contribution is 7.92. The minimum atomic E-state index is -3.09. The van der Waals surface area contributed by atoms with Gasteiger partial charge in [0, 0.05) is 6.54 Å². The average molecular weight is 278 g/mol. The molecule has 0 aromatic rings. The highest BCUT2D eigenvalue weighted by Gasteiger charge is 2.31. The maximum Gasteiger partial charge on any atom is 0.326 e. The van der Waals surface area contributed by atoms with Crippen molar-refractivity contribution in [3.8, 4) is 0 Å². The molecule has 0 aromatic heterocycles. The Morgan fingerprint density at radius 2 is 2.11 bits per heavy atom. The number of rotatable bonds is 5. The Morgan fingerprint density at radius 1 is 1.44 bits per heavy atom. The molecule has 1 saturated heterocycles. The van der Waals surface area contributed by atoms with Gasteiger partial charge in [-0.15, -0.1) is 0 Å². The summed E-state index contributed by atoms with van der Waals surface area (Å²) >= 11 is 0. The molecule has 2 atom stereocenters. The van der Waals surface area contributed by atoms with Crippen LogP contribution in [0.4, 0.5) is 4.79 Å². The zero-order valence-electron chi connectivity index (χ0n) is 10.2. The number of hydrogen-bond donors (Lipinski definition) is 3. The summed E-state index contributed by atoms with van der Waals surface area (Å²) in [5, 5.41) is 12.9. The van der Waals surface area contributed by atoms with Crippen LogP contribution in [0.3, 0.4) is 0 Å². The first-order valence-electron chi connectivity index (χ1n) is 5.85. The van der Waals surface area contributed by atoms with E-state index in [1.807, 2.05) is 0 Å². The number of carboxylic acids is 1. The number of sulfone groups is 1. The molecule has 0 saturated carbocycles. The number of carbonyl (C=O) groups is 2. The number of aliphatic carboxylic acids is 1. The Morgan fingerprint density at radius 3 is 2.56 bits per heavy atom. The van der Waals surface area contributed by atoms with Crippen molar-refractivity contribution >= 4 is 21.8 Å². The van der Waals surface area contributed by atoms with Crippen LogP contribution in [0, 0.1) is 0 Å². The Hall–Kier alpha value is -1.31. The normalized spacial score (nSPS) is 23.3. The highest BCUT2D eigenvalue weighted by atomic mass is 32.2. The molecular formula is C10H18N2O5S. The molecule has 18 heavy (non-hydrogen) atoms. The summed E-state index contributed by atoms with van der Waals surface area (Å²) in [6.45, 7) is 1.67. The predicted molar refractivity (Wildman–Crippen MR) is 65.1 cm³/mol. The number of carboxylic acid groups (broad SMARTS) is 1. The Bertz CT molecular complexity index is 420. The van der Waals surface area contributed by atoms with Gasteiger partial charge in [-0.2, -0.15) is 0 Å². The summed E-state index contributed by atoms with van der Waals surface area (Å²) < 4.78 is 23.0. The Kier molecular flexibility index (Phi) is 4.94. The third-order valence-electron chi connectivity index (χ3n) is 2.96. The van der Waals surface area contributed by atoms with E-state index in [4.69, 9.17) is 5.11 Å². The summed E-state index contributed by atoms with van der Waals surface area (Å²) in [6, 6.07) is -1.60. The molecule has 8 heteroatoms. The van der Waals surface area contributed by atoms with Gasteiger partial charge in [0.2, 0.25) is 0 Å². The second kappa shape index (κ2) is 6.03. The molecule has 1 rings (SSSR count). The third-order valence-corrected chi connectivity index (χ3v) is 5.24. The molecule has 2 amide bonds. The van der Waals surface area contributed by atoms with Crippen molar-refractivity contribution in [1.82, 2.24) is 10.6 Å². The van der Waals surface area contributed by atoms with Gasteiger partial charge >= 0.3 is 12.0 Å². The van der Waals surface area contributed by atoms with Gasteiger partial charge in [-0.1, -0.05) is 6.92 Å². The molecule has 0 aliphatic carbocycles. The smallest absolute Gasteiger partial charge is 0.326 e. The van der Waals surface area contributed by atoms with Crippen LogP contribution < -0.4 is 10.6 Å². The third kappa shape index (κ3) is 3.86. The van der Waals surface area contributed by atoms with Crippen LogP contribution in [-0.4, -0.2) is 49.1 Å². The van der Waals surface area contributed by atoms with Crippen molar-refractivity contribution in [3.05, 3.63) is 0 Å². The first-order chi connectivity index (χ1) is 8.36. The van der Waals surface area contributed by atoms with Crippen LogP contribution in [0.15, 0.2) is 0 Å². The van der Waals surface area contributed by atoms with Gasteiger partial charge in [0.25, 0.3) is 0 Å². The summed E-state index contributed by atoms with van der Waals surface area (Å²) in [4.78, 5) is 22.1. The van der Waals surface area contributed by atoms with Crippen molar-refractivity contribution in [2.75, 3.05) is 12.3 Å². The van der Waals surface area contributed by atoms with Gasteiger partial charge in [0.1, 0.15) is 6.04 Å². The van der Waals surface area contributed by atoms with Crippen molar-refractivity contribution in [2.45, 2.75) is 37.5 Å². The minimum absolute atomic E-state index is 0.0320. The lowest BCUT2D eigenvalue weighted by atomic mass is 10.2. The van der Waals surface area contributed by atoms with Crippen LogP contribution in [0.1, 0.15) is 26.2 Å². The first-order valence-corrected chi connectivity index (χ1v) is 7.57. The minimum Gasteiger partial charge on any atom is -0.480 e. The monoisotopic (exact) mass is 278 g/mol. The zero-order valence-corrected chi connectivity index (χ0v) is 11.0. The average Bonchev–Trinajstić information content (AvgIpc) is 2.62. The lowest BCUT2D eigenvalue weighted by Gasteiger charge is -2.15. The molecule has 1 aliphatic heterocycles. The molecular weight excluding hydrogens is 260 g/mol. The fraction of sp³-hybridized carbons (Fsp3) is 0.800. The molecule has 0 spiro atoms. The van der Waals surface area contributed by atoms with Gasteiger partial charge in [0.15, 0.2) is 9.84 Å². The van der Waals surface area contributed by atoms with Crippen LogP contribution in [0.5, 0.6) is 0 Å². The lowest BCUT2D eigenvalue weighted by molar-refractivity contribution is -0.139. The van der Waals surface area contributed by atoms with E-state index in [2.05, 4.69) is 10.6 Å². The highest BCUT2D eigenvalue weighted by Crippen LogP contribution is 2.18. The van der Waals surface area contributed by atoms with E-state index in [-0.39, 0.29) is 18.7 Å². The Balaban J connectivity index is 2.40. The molecule has 2 unspecified atom stereocenters. The molecule has 104 valence electrons. The van der Waals surface area contributed by atoms with Crippen LogP contribution >= 0.6 is 0 Å². The quantitative estimate of drug-likeness (QED) is 0.640. The number of urea groups is 1. The fourth-order valence-electron chi connectivity index (χ4n) is 1.84. The van der Waals surface area contributed by atoms with Crippen molar-refractivity contribution in [1.29, 1.82) is 0 Å². The topological polar surface area (TPSA) is 113 Å². The van der Waals surface area contributed by atoms with Crippen LogP contribution in [0.2, 0.25) is 0 Å². The number of amides is 2. The van der Waals surface area contributed by atoms with Crippen molar-refractivity contribution in [3.63, 3.8) is 0 Å². The number of carbonyl (C=O) groups excluding carboxylic acids is 1. The summed E-state index contributed by atoms with van der Waals surface area (Å²) in [7, 11) is -3.09. The first kappa shape index (κ1) is 14.7. The molecule has 0 radical (unpaired) electrons. The van der Waals surface area contributed by atoms with E-state index in [1.165, 1.54) is 0 Å². The summed E-state index contributed by atoms with van der Waals surface area (Å²) in [5.41, 5.74) is 0. The van der Waals surface area contributed by atoms with E-state index in [9.17, 15) is 18.0 Å². The van der Waals surface area contributed by atoms with E-state index >= 15 is 0 Å². The molecule has 1 heterocycles. The fourth-order valence-corrected chi connectivity index (χ4v) is 3.61. The van der Waals surface area contributed by atoms with E-state index in [0.29, 0.717) is 12.8 Å². The molecule has 3 N–H and O–H groups in total. The van der Waals surface area contributed by atoms with Gasteiger partial charge < -0.3 is 15.7 Å². The predicted octanol–water partition coefficient (Wildman–Crippen LogP) is -0.274. The largest absolute Gasteiger partial charge is 0.480 e. The van der Waals surface area contributed by atoms with E-state index in [1.54, 1.807) is 6.92 Å². The second-order valence-electron chi connectivity index (χ2n) is 4.28. The van der Waals surface area contributed by atoms with Crippen molar-refractivity contribution in [2.24, 2.45) is 0 Å². The lowest BCUT2D eigenvalue weighted by Crippen LogP contribution is -2.47. The maximum atomic E-state index is 11.5. The van der Waals surface area contributed by atoms with Gasteiger partial charge in [0.05, 0.1) is 11.0 Å². The standard InChI is InChI=1S/C10H18N2O5S/c1-2-8(9(13)14)12-10(15)11-6-7-4-3-5-18(7,16)17/h7-8H,2-6H2,1H3,(H,13,14)(H2,11,12,15). The molecule has 1 fully saturated rings. The molecule has 0 aromatic carbocycles. The maximum absolute atomic E-state index is 11.5. The summed E-state index contributed by atoms with van der Waals surface area (Å²) in [5.74, 6) is -0.950. The zero-order chi connectivity index (χ0) is 13.8. The molecule has 0 bridgehead atoms. The molecule has 7 nitrogen and oxygen atoms in total. The van der Waals surface area contributed by atoms with Crippen LogP contribution in [0.25, 0.3) is 0 Å². The Labute approximate surface area is 106 Å². The second-order valence-corrected chi connectivity index (χ2v) is 6.69. The number of nitrogens with one attached hydrogen (secondary N) is 2. The number of hydrogen-bond acceptors (Lipinski definition) is 4. The summed E-state index contributed by atoms with van der Waals surface area (Å²) in [6.07, 6.45) is 1.42. The SMILES string of the molecule is CCC(NC(=O)NCC1CCCS1(=O)=O)C(=O)O. The van der Waals surface area contributed by atoms with Gasteiger partial charge in [-0.05, 0) is 19.3 Å². The van der Waals surface area contributed by atoms with E-state index in [0.717, 1.165) is 0 Å². The van der Waals surface area contributed by atoms with Crippen LogP contribution in [-0.2, 0) is 14.6 Å². The van der Waals surface area contributed by atoms with E-state index < -0.39 is 33.1 Å². The van der Waals surface area contributed by atoms with Crippen molar-refractivity contribution < 1.29 is 23.1 Å². The molecule has 1 aliphatic rings. The van der Waals surface area contributed by atoms with Gasteiger partial charge in [-0.3, -0.25) is 0 Å². The van der Waals surface area contributed by atoms with Gasteiger partial charge in [-0.25, -0.2) is 18.0 Å².